The average molecular weight is 427 g/mol. The molecular weight excluding hydrogens is 402 g/mol. The first kappa shape index (κ1) is 22.8. The smallest absolute Gasteiger partial charge is 0.321 e. The van der Waals surface area contributed by atoms with E-state index >= 15 is 0 Å². The fraction of sp³-hybridized carbons (Fsp3) is 0.500. The van der Waals surface area contributed by atoms with Crippen LogP contribution in [0.15, 0.2) is 29.2 Å². The van der Waals surface area contributed by atoms with Crippen LogP contribution in [0.4, 0.5) is 5.69 Å². The number of nitrogens with one attached hydrogen (secondary N) is 2. The Morgan fingerprint density at radius 2 is 1.72 bits per heavy atom. The Bertz CT molecular complexity index is 845. The van der Waals surface area contributed by atoms with Gasteiger partial charge in [-0.05, 0) is 38.1 Å². The molecule has 29 heavy (non-hydrogen) atoms. The Morgan fingerprint density at radius 1 is 1.14 bits per heavy atom. The highest BCUT2D eigenvalue weighted by atomic mass is 32.2. The van der Waals surface area contributed by atoms with Crippen LogP contribution in [0, 0.1) is 0 Å². The van der Waals surface area contributed by atoms with Crippen LogP contribution in [-0.2, 0) is 33.9 Å². The van der Waals surface area contributed by atoms with Gasteiger partial charge in [0, 0.05) is 25.7 Å². The number of rotatable bonds is 7. The number of amides is 2. The number of hydrogen-bond donors (Lipinski definition) is 2. The van der Waals surface area contributed by atoms with Crippen LogP contribution >= 0.6 is 0 Å². The van der Waals surface area contributed by atoms with Gasteiger partial charge in [0.15, 0.2) is 6.61 Å². The van der Waals surface area contributed by atoms with Gasteiger partial charge in [0.05, 0.1) is 17.1 Å². The molecule has 2 rings (SSSR count). The first-order valence-corrected chi connectivity index (χ1v) is 10.5. The van der Waals surface area contributed by atoms with E-state index < -0.39 is 29.1 Å². The third-order valence-corrected chi connectivity index (χ3v) is 5.44. The van der Waals surface area contributed by atoms with Crippen molar-refractivity contribution >= 4 is 33.5 Å². The zero-order valence-corrected chi connectivity index (χ0v) is 17.3. The lowest BCUT2D eigenvalue weighted by atomic mass is 10.2. The van der Waals surface area contributed by atoms with E-state index in [0.29, 0.717) is 18.8 Å². The van der Waals surface area contributed by atoms with Gasteiger partial charge < -0.3 is 19.7 Å². The van der Waals surface area contributed by atoms with Crippen molar-refractivity contribution < 1.29 is 32.3 Å². The van der Waals surface area contributed by atoms with Crippen LogP contribution in [0.3, 0.4) is 0 Å². The van der Waals surface area contributed by atoms with Crippen LogP contribution in [0.2, 0.25) is 0 Å². The van der Waals surface area contributed by atoms with E-state index in [1.165, 1.54) is 31.2 Å². The molecule has 0 bridgehead atoms. The van der Waals surface area contributed by atoms with E-state index in [0.717, 1.165) is 0 Å². The van der Waals surface area contributed by atoms with Gasteiger partial charge in [0.1, 0.15) is 6.54 Å². The lowest BCUT2D eigenvalue weighted by molar-refractivity contribution is -0.156. The number of ether oxygens (including phenoxy) is 2. The maximum Gasteiger partial charge on any atom is 0.321 e. The van der Waals surface area contributed by atoms with Crippen LogP contribution in [0.1, 0.15) is 20.8 Å². The molecule has 1 saturated heterocycles. The predicted molar refractivity (Wildman–Crippen MR) is 103 cm³/mol. The zero-order valence-electron chi connectivity index (χ0n) is 16.5. The highest BCUT2D eigenvalue weighted by Gasteiger charge is 2.26. The molecule has 0 unspecified atom stereocenters. The molecule has 1 aromatic carbocycles. The Morgan fingerprint density at radius 3 is 2.28 bits per heavy atom. The van der Waals surface area contributed by atoms with Crippen molar-refractivity contribution in [1.82, 2.24) is 9.62 Å². The van der Waals surface area contributed by atoms with Gasteiger partial charge in [-0.3, -0.25) is 14.4 Å². The summed E-state index contributed by atoms with van der Waals surface area (Å²) in [5.74, 6) is -1.51. The number of esters is 1. The monoisotopic (exact) mass is 427 g/mol. The second-order valence-corrected chi connectivity index (χ2v) is 8.51. The molecule has 2 N–H and O–H groups in total. The van der Waals surface area contributed by atoms with Crippen molar-refractivity contribution in [1.29, 1.82) is 0 Å². The highest BCUT2D eigenvalue weighted by molar-refractivity contribution is 7.89. The number of hydrogen-bond acceptors (Lipinski definition) is 7. The topological polar surface area (TPSA) is 131 Å². The van der Waals surface area contributed by atoms with Crippen molar-refractivity contribution in [3.63, 3.8) is 0 Å². The molecule has 0 spiro atoms. The molecule has 1 aliphatic rings. The minimum Gasteiger partial charge on any atom is -0.455 e. The molecule has 1 fully saturated rings. The lowest BCUT2D eigenvalue weighted by Gasteiger charge is -2.35. The van der Waals surface area contributed by atoms with Crippen LogP contribution < -0.4 is 10.0 Å². The molecule has 0 saturated carbocycles. The summed E-state index contributed by atoms with van der Waals surface area (Å²) in [5.41, 5.74) is 0.445. The van der Waals surface area contributed by atoms with E-state index in [1.54, 1.807) is 4.90 Å². The normalized spacial score (nSPS) is 19.5. The van der Waals surface area contributed by atoms with E-state index in [2.05, 4.69) is 10.0 Å². The van der Waals surface area contributed by atoms with Crippen LogP contribution in [0.25, 0.3) is 0 Å². The number of carbonyl (C=O) groups is 3. The Kier molecular flexibility index (Phi) is 7.71. The number of benzene rings is 1. The van der Waals surface area contributed by atoms with Gasteiger partial charge >= 0.3 is 5.97 Å². The molecule has 0 aromatic heterocycles. The number of nitrogens with zero attached hydrogens (tertiary/aromatic N) is 1. The summed E-state index contributed by atoms with van der Waals surface area (Å²) in [6.07, 6.45) is -0.218. The molecule has 2 amide bonds. The van der Waals surface area contributed by atoms with Gasteiger partial charge in [0.2, 0.25) is 15.9 Å². The largest absolute Gasteiger partial charge is 0.455 e. The van der Waals surface area contributed by atoms with Gasteiger partial charge in [0.25, 0.3) is 5.91 Å². The van der Waals surface area contributed by atoms with Gasteiger partial charge in [-0.25, -0.2) is 8.42 Å². The molecular formula is C18H25N3O7S. The van der Waals surface area contributed by atoms with Gasteiger partial charge in [-0.15, -0.1) is 0 Å². The lowest BCUT2D eigenvalue weighted by Crippen LogP contribution is -2.49. The Balaban J connectivity index is 1.81. The molecule has 11 heteroatoms. The van der Waals surface area contributed by atoms with E-state index in [4.69, 9.17) is 9.47 Å². The minimum atomic E-state index is -3.95. The summed E-state index contributed by atoms with van der Waals surface area (Å²) in [5, 5.41) is 2.52. The quantitative estimate of drug-likeness (QED) is 0.590. The molecule has 0 aliphatic carbocycles. The molecule has 1 heterocycles. The second-order valence-electron chi connectivity index (χ2n) is 6.75. The van der Waals surface area contributed by atoms with Crippen molar-refractivity contribution in [3.05, 3.63) is 24.3 Å². The second kappa shape index (κ2) is 9.81. The molecule has 1 aromatic rings. The van der Waals surface area contributed by atoms with E-state index in [1.807, 2.05) is 13.8 Å². The van der Waals surface area contributed by atoms with Crippen LogP contribution in [0.5, 0.6) is 0 Å². The summed E-state index contributed by atoms with van der Waals surface area (Å²) in [4.78, 5) is 36.4. The number of carbonyl (C=O) groups excluding carboxylic acids is 3. The average Bonchev–Trinajstić information content (AvgIpc) is 2.63. The number of sulfonamides is 1. The molecule has 160 valence electrons. The summed E-state index contributed by atoms with van der Waals surface area (Å²) < 4.78 is 37.0. The zero-order chi connectivity index (χ0) is 21.6. The maximum absolute atomic E-state index is 12.2. The summed E-state index contributed by atoms with van der Waals surface area (Å²) in [7, 11) is -3.95. The third kappa shape index (κ3) is 7.11. The number of anilines is 1. The fourth-order valence-corrected chi connectivity index (χ4v) is 3.79. The minimum absolute atomic E-state index is 0.0771. The van der Waals surface area contributed by atoms with Crippen molar-refractivity contribution in [2.24, 2.45) is 0 Å². The molecule has 1 aliphatic heterocycles. The van der Waals surface area contributed by atoms with E-state index in [9.17, 15) is 22.8 Å². The summed E-state index contributed by atoms with van der Waals surface area (Å²) in [6.45, 7) is 4.76. The van der Waals surface area contributed by atoms with E-state index in [-0.39, 0.29) is 28.9 Å². The van der Waals surface area contributed by atoms with Crippen molar-refractivity contribution in [3.8, 4) is 0 Å². The summed E-state index contributed by atoms with van der Waals surface area (Å²) >= 11 is 0. The van der Waals surface area contributed by atoms with Crippen LogP contribution in [-0.4, -0.2) is 69.6 Å². The maximum atomic E-state index is 12.2. The molecule has 2 atom stereocenters. The highest BCUT2D eigenvalue weighted by Crippen LogP contribution is 2.14. The molecule has 10 nitrogen and oxygen atoms in total. The standard InChI is InChI=1S/C18H25N3O7S/c1-12-9-21(10-13(2)28-12)17(23)11-27-18(24)8-19-29(25,26)16-6-4-15(5-7-16)20-14(3)22/h4-7,12-13,19H,8-11H2,1-3H3,(H,20,22)/t12-,13-/m1/s1. The third-order valence-electron chi connectivity index (χ3n) is 4.02. The Labute approximate surface area is 169 Å². The fourth-order valence-electron chi connectivity index (χ4n) is 2.82. The first-order chi connectivity index (χ1) is 13.6. The summed E-state index contributed by atoms with van der Waals surface area (Å²) in [6, 6.07) is 5.45. The van der Waals surface area contributed by atoms with Gasteiger partial charge in [-0.1, -0.05) is 0 Å². The molecule has 0 radical (unpaired) electrons. The van der Waals surface area contributed by atoms with Crippen molar-refractivity contribution in [2.75, 3.05) is 31.6 Å². The van der Waals surface area contributed by atoms with Crippen molar-refractivity contribution in [2.45, 2.75) is 37.9 Å². The van der Waals surface area contributed by atoms with Gasteiger partial charge in [-0.2, -0.15) is 4.72 Å². The Hall–Kier alpha value is -2.50. The first-order valence-electron chi connectivity index (χ1n) is 9.03. The number of morpholine rings is 1. The predicted octanol–water partition coefficient (Wildman–Crippen LogP) is 0.102. The SMILES string of the molecule is CC(=O)Nc1ccc(S(=O)(=O)NCC(=O)OCC(=O)N2C[C@@H](C)O[C@H](C)C2)cc1.